The summed E-state index contributed by atoms with van der Waals surface area (Å²) in [4.78, 5) is 30.5. The molecule has 5 nitrogen and oxygen atoms in total. The summed E-state index contributed by atoms with van der Waals surface area (Å²) in [5, 5.41) is 2.72. The van der Waals surface area contributed by atoms with Gasteiger partial charge in [0.15, 0.2) is 0 Å². The Morgan fingerprint density at radius 3 is 2.62 bits per heavy atom. The highest BCUT2D eigenvalue weighted by Gasteiger charge is 2.34. The van der Waals surface area contributed by atoms with Crippen molar-refractivity contribution in [2.75, 3.05) is 19.6 Å². The van der Waals surface area contributed by atoms with E-state index in [0.717, 1.165) is 5.56 Å². The first-order valence-electron chi connectivity index (χ1n) is 7.14. The Morgan fingerprint density at radius 2 is 2.00 bits per heavy atom. The van der Waals surface area contributed by atoms with Crippen LogP contribution in [-0.2, 0) is 9.59 Å². The summed E-state index contributed by atoms with van der Waals surface area (Å²) < 4.78 is 0. The monoisotopic (exact) mass is 287 g/mol. The molecule has 0 spiro atoms. The van der Waals surface area contributed by atoms with Gasteiger partial charge in [-0.1, -0.05) is 30.3 Å². The Morgan fingerprint density at radius 1 is 1.33 bits per heavy atom. The van der Waals surface area contributed by atoms with Crippen molar-refractivity contribution in [3.05, 3.63) is 35.9 Å². The van der Waals surface area contributed by atoms with Crippen molar-refractivity contribution in [2.45, 2.75) is 26.3 Å². The van der Waals surface area contributed by atoms with Crippen LogP contribution in [0.25, 0.3) is 0 Å². The topological polar surface area (TPSA) is 61.8 Å². The zero-order valence-corrected chi connectivity index (χ0v) is 12.7. The van der Waals surface area contributed by atoms with Crippen molar-refractivity contribution in [1.29, 1.82) is 0 Å². The molecule has 1 aliphatic heterocycles. The van der Waals surface area contributed by atoms with Crippen molar-refractivity contribution in [3.63, 3.8) is 0 Å². The summed E-state index contributed by atoms with van der Waals surface area (Å²) in [5.41, 5.74) is 0.818. The smallest absolute Gasteiger partial charge is 0.273 e. The second kappa shape index (κ2) is 6.08. The lowest BCUT2D eigenvalue weighted by atomic mass is 9.98. The molecule has 5 heteroatoms. The average Bonchev–Trinajstić information content (AvgIpc) is 2.43. The molecule has 112 valence electrons. The second-order valence-electron chi connectivity index (χ2n) is 5.75. The Kier molecular flexibility index (Phi) is 4.40. The zero-order valence-electron chi connectivity index (χ0n) is 12.7. The predicted molar refractivity (Wildman–Crippen MR) is 82.3 cm³/mol. The van der Waals surface area contributed by atoms with E-state index in [9.17, 15) is 9.59 Å². The quantitative estimate of drug-likeness (QED) is 0.905. The van der Waals surface area contributed by atoms with Crippen LogP contribution in [0.2, 0.25) is 0 Å². The molecule has 1 aromatic carbocycles. The van der Waals surface area contributed by atoms with E-state index in [1.54, 1.807) is 4.90 Å². The fourth-order valence-corrected chi connectivity index (χ4v) is 2.41. The lowest BCUT2D eigenvalue weighted by Crippen LogP contribution is -2.53. The van der Waals surface area contributed by atoms with Crippen LogP contribution in [0.15, 0.2) is 35.3 Å². The van der Waals surface area contributed by atoms with E-state index in [-0.39, 0.29) is 18.4 Å². The minimum absolute atomic E-state index is 0.0714. The van der Waals surface area contributed by atoms with E-state index < -0.39 is 5.54 Å². The normalized spacial score (nSPS) is 17.4. The minimum Gasteiger partial charge on any atom is -0.355 e. The van der Waals surface area contributed by atoms with Crippen LogP contribution in [0, 0.1) is 0 Å². The van der Waals surface area contributed by atoms with Gasteiger partial charge in [-0.2, -0.15) is 0 Å². The SMILES string of the molecule is CCNC(=O)CN1CC(C)(C)N=C(c2ccccc2)C1=O. The van der Waals surface area contributed by atoms with Gasteiger partial charge in [0.05, 0.1) is 12.1 Å². The number of hydrogen-bond donors (Lipinski definition) is 1. The Labute approximate surface area is 125 Å². The minimum atomic E-state index is -0.397. The summed E-state index contributed by atoms with van der Waals surface area (Å²) in [6, 6.07) is 9.38. The van der Waals surface area contributed by atoms with Gasteiger partial charge in [-0.25, -0.2) is 0 Å². The van der Waals surface area contributed by atoms with Gasteiger partial charge in [0.1, 0.15) is 5.71 Å². The molecule has 0 aliphatic carbocycles. The first-order chi connectivity index (χ1) is 9.93. The van der Waals surface area contributed by atoms with Crippen molar-refractivity contribution in [2.24, 2.45) is 4.99 Å². The number of carbonyl (C=O) groups is 2. The van der Waals surface area contributed by atoms with E-state index in [1.165, 1.54) is 0 Å². The lowest BCUT2D eigenvalue weighted by Gasteiger charge is -2.35. The number of aliphatic imine (C=N–C) groups is 1. The summed E-state index contributed by atoms with van der Waals surface area (Å²) >= 11 is 0. The van der Waals surface area contributed by atoms with Gasteiger partial charge in [-0.3, -0.25) is 14.6 Å². The molecule has 0 radical (unpaired) electrons. The first-order valence-corrected chi connectivity index (χ1v) is 7.14. The molecule has 0 atom stereocenters. The number of benzene rings is 1. The highest BCUT2D eigenvalue weighted by atomic mass is 16.2. The van der Waals surface area contributed by atoms with Crippen LogP contribution in [0.1, 0.15) is 26.3 Å². The third kappa shape index (κ3) is 3.68. The van der Waals surface area contributed by atoms with Crippen LogP contribution >= 0.6 is 0 Å². The molecule has 0 saturated carbocycles. The molecule has 21 heavy (non-hydrogen) atoms. The van der Waals surface area contributed by atoms with Gasteiger partial charge in [0, 0.05) is 18.7 Å². The molecule has 2 amide bonds. The van der Waals surface area contributed by atoms with Crippen molar-refractivity contribution < 1.29 is 9.59 Å². The fourth-order valence-electron chi connectivity index (χ4n) is 2.41. The maximum atomic E-state index is 12.6. The molecule has 1 aliphatic rings. The van der Waals surface area contributed by atoms with E-state index in [4.69, 9.17) is 0 Å². The highest BCUT2D eigenvalue weighted by molar-refractivity contribution is 6.45. The maximum Gasteiger partial charge on any atom is 0.273 e. The average molecular weight is 287 g/mol. The Balaban J connectivity index is 2.27. The number of hydrogen-bond acceptors (Lipinski definition) is 3. The van der Waals surface area contributed by atoms with Gasteiger partial charge < -0.3 is 10.2 Å². The van der Waals surface area contributed by atoms with Gasteiger partial charge in [-0.15, -0.1) is 0 Å². The number of nitrogens with one attached hydrogen (secondary N) is 1. The van der Waals surface area contributed by atoms with Gasteiger partial charge in [0.25, 0.3) is 5.91 Å². The van der Waals surface area contributed by atoms with Crippen LogP contribution in [-0.4, -0.2) is 47.6 Å². The van der Waals surface area contributed by atoms with Crippen LogP contribution < -0.4 is 5.32 Å². The predicted octanol–water partition coefficient (Wildman–Crippen LogP) is 1.23. The summed E-state index contributed by atoms with van der Waals surface area (Å²) in [6.45, 7) is 6.86. The van der Waals surface area contributed by atoms with Crippen LogP contribution in [0.4, 0.5) is 0 Å². The molecule has 1 heterocycles. The number of carbonyl (C=O) groups excluding carboxylic acids is 2. The molecule has 0 bridgehead atoms. The Hall–Kier alpha value is -2.17. The summed E-state index contributed by atoms with van der Waals surface area (Å²) in [7, 11) is 0. The second-order valence-corrected chi connectivity index (χ2v) is 5.75. The molecule has 0 unspecified atom stereocenters. The number of rotatable bonds is 4. The number of likely N-dealkylation sites (N-methyl/N-ethyl adjacent to an activating group) is 1. The Bertz CT molecular complexity index is 564. The van der Waals surface area contributed by atoms with Gasteiger partial charge >= 0.3 is 0 Å². The largest absolute Gasteiger partial charge is 0.355 e. The number of nitrogens with zero attached hydrogens (tertiary/aromatic N) is 2. The van der Waals surface area contributed by atoms with Crippen molar-refractivity contribution in [3.8, 4) is 0 Å². The maximum absolute atomic E-state index is 12.6. The lowest BCUT2D eigenvalue weighted by molar-refractivity contribution is -0.132. The molecule has 0 saturated heterocycles. The first kappa shape index (κ1) is 15.2. The summed E-state index contributed by atoms with van der Waals surface area (Å²) in [5.74, 6) is -0.331. The zero-order chi connectivity index (χ0) is 15.5. The summed E-state index contributed by atoms with van der Waals surface area (Å²) in [6.07, 6.45) is 0. The van der Waals surface area contributed by atoms with E-state index in [2.05, 4.69) is 10.3 Å². The van der Waals surface area contributed by atoms with Crippen LogP contribution in [0.3, 0.4) is 0 Å². The molecule has 0 fully saturated rings. The standard InChI is InChI=1S/C16H21N3O2/c1-4-17-13(20)10-19-11-16(2,3)18-14(15(19)21)12-8-6-5-7-9-12/h5-9H,4,10-11H2,1-3H3,(H,17,20). The molecular weight excluding hydrogens is 266 g/mol. The molecule has 0 aromatic heterocycles. The highest BCUT2D eigenvalue weighted by Crippen LogP contribution is 2.20. The molecule has 2 rings (SSSR count). The fraction of sp³-hybridized carbons (Fsp3) is 0.438. The van der Waals surface area contributed by atoms with Crippen LogP contribution in [0.5, 0.6) is 0 Å². The molecular formula is C16H21N3O2. The third-order valence-electron chi connectivity index (χ3n) is 3.24. The molecule has 1 N–H and O–H groups in total. The van der Waals surface area contributed by atoms with Gasteiger partial charge in [-0.05, 0) is 20.8 Å². The van der Waals surface area contributed by atoms with Crippen molar-refractivity contribution >= 4 is 17.5 Å². The molecule has 1 aromatic rings. The van der Waals surface area contributed by atoms with E-state index in [1.807, 2.05) is 51.1 Å². The van der Waals surface area contributed by atoms with E-state index in [0.29, 0.717) is 18.8 Å². The van der Waals surface area contributed by atoms with Crippen molar-refractivity contribution in [1.82, 2.24) is 10.2 Å². The number of amides is 2. The third-order valence-corrected chi connectivity index (χ3v) is 3.24. The van der Waals surface area contributed by atoms with E-state index >= 15 is 0 Å². The van der Waals surface area contributed by atoms with Gasteiger partial charge in [0.2, 0.25) is 5.91 Å².